The third kappa shape index (κ3) is 3.96. The molecule has 0 heterocycles. The second-order valence-electron chi connectivity index (χ2n) is 4.79. The topological polar surface area (TPSA) is 40.6 Å². The normalized spacial score (nSPS) is 14.7. The molecule has 8 heteroatoms. The van der Waals surface area contributed by atoms with Gasteiger partial charge in [-0.1, -0.05) is 19.1 Å². The molecule has 0 aromatic heterocycles. The maximum absolute atomic E-state index is 12.7. The second-order valence-corrected chi connectivity index (χ2v) is 6.89. The summed E-state index contributed by atoms with van der Waals surface area (Å²) in [4.78, 5) is 0. The van der Waals surface area contributed by atoms with E-state index >= 15 is 0 Å². The summed E-state index contributed by atoms with van der Waals surface area (Å²) in [6.45, 7) is 3.38. The summed E-state index contributed by atoms with van der Waals surface area (Å²) < 4.78 is 64.8. The van der Waals surface area contributed by atoms with Gasteiger partial charge in [-0.2, -0.15) is 30.2 Å². The quantitative estimate of drug-likeness (QED) is 0.835. The van der Waals surface area contributed by atoms with Crippen LogP contribution >= 0.6 is 0 Å². The lowest BCUT2D eigenvalue weighted by atomic mass is 10.0. The van der Waals surface area contributed by atoms with Gasteiger partial charge >= 0.3 is 6.18 Å². The van der Waals surface area contributed by atoms with Gasteiger partial charge in [0.15, 0.2) is 0 Å². The molecule has 0 bridgehead atoms. The van der Waals surface area contributed by atoms with E-state index in [-0.39, 0.29) is 6.54 Å². The Balaban J connectivity index is 3.21. The van der Waals surface area contributed by atoms with Gasteiger partial charge in [-0.25, -0.2) is 0 Å². The van der Waals surface area contributed by atoms with Crippen LogP contribution in [0.4, 0.5) is 13.2 Å². The molecule has 120 valence electrons. The van der Waals surface area contributed by atoms with Gasteiger partial charge in [-0.15, -0.1) is 0 Å². The molecular weight excluding hydrogens is 305 g/mol. The Kier molecular flexibility index (Phi) is 5.40. The van der Waals surface area contributed by atoms with E-state index in [0.717, 1.165) is 20.7 Å². The van der Waals surface area contributed by atoms with Gasteiger partial charge in [0.05, 0.1) is 5.56 Å². The van der Waals surface area contributed by atoms with Gasteiger partial charge in [0.25, 0.3) is 10.2 Å². The van der Waals surface area contributed by atoms with Gasteiger partial charge in [0.2, 0.25) is 0 Å². The van der Waals surface area contributed by atoms with Gasteiger partial charge in [0.1, 0.15) is 0 Å². The molecular formula is C13H19F3N2O2S. The molecule has 0 saturated carbocycles. The van der Waals surface area contributed by atoms with Crippen molar-refractivity contribution in [2.75, 3.05) is 20.6 Å². The predicted molar refractivity (Wildman–Crippen MR) is 74.8 cm³/mol. The van der Waals surface area contributed by atoms with Crippen LogP contribution in [0.15, 0.2) is 24.3 Å². The fourth-order valence-corrected chi connectivity index (χ4v) is 3.25. The van der Waals surface area contributed by atoms with Crippen LogP contribution in [0.1, 0.15) is 31.0 Å². The van der Waals surface area contributed by atoms with Crippen molar-refractivity contribution in [1.82, 2.24) is 8.61 Å². The average molecular weight is 324 g/mol. The Morgan fingerprint density at radius 2 is 1.81 bits per heavy atom. The molecule has 4 nitrogen and oxygen atoms in total. The molecule has 0 amide bonds. The molecule has 0 aliphatic heterocycles. The van der Waals surface area contributed by atoms with E-state index in [0.29, 0.717) is 5.56 Å². The van der Waals surface area contributed by atoms with Crippen LogP contribution in [0.2, 0.25) is 0 Å². The summed E-state index contributed by atoms with van der Waals surface area (Å²) >= 11 is 0. The van der Waals surface area contributed by atoms with E-state index in [1.807, 2.05) is 0 Å². The van der Waals surface area contributed by atoms with Crippen molar-refractivity contribution in [3.8, 4) is 0 Å². The summed E-state index contributed by atoms with van der Waals surface area (Å²) in [5.41, 5.74) is -0.484. The van der Waals surface area contributed by atoms with Crippen LogP contribution in [0, 0.1) is 0 Å². The zero-order valence-electron chi connectivity index (χ0n) is 12.3. The lowest BCUT2D eigenvalue weighted by Crippen LogP contribution is -2.41. The first-order valence-corrected chi connectivity index (χ1v) is 7.78. The van der Waals surface area contributed by atoms with Crippen molar-refractivity contribution >= 4 is 10.2 Å². The number of hydrogen-bond donors (Lipinski definition) is 0. The molecule has 0 unspecified atom stereocenters. The molecule has 0 aliphatic carbocycles. The summed E-state index contributed by atoms with van der Waals surface area (Å²) in [5.74, 6) is 0. The van der Waals surface area contributed by atoms with E-state index in [1.54, 1.807) is 13.8 Å². The highest BCUT2D eigenvalue weighted by Gasteiger charge is 2.33. The molecule has 21 heavy (non-hydrogen) atoms. The largest absolute Gasteiger partial charge is 0.416 e. The lowest BCUT2D eigenvalue weighted by molar-refractivity contribution is -0.137. The van der Waals surface area contributed by atoms with Gasteiger partial charge < -0.3 is 0 Å². The SMILES string of the molecule is CCN([C@H](C)c1cccc(C(F)(F)F)c1)S(=O)(=O)N(C)C. The van der Waals surface area contributed by atoms with Crippen LogP contribution in [0.3, 0.4) is 0 Å². The number of alkyl halides is 3. The minimum atomic E-state index is -4.45. The minimum absolute atomic E-state index is 0.165. The fourth-order valence-electron chi connectivity index (χ4n) is 1.99. The maximum Gasteiger partial charge on any atom is 0.416 e. The average Bonchev–Trinajstić information content (AvgIpc) is 2.38. The van der Waals surface area contributed by atoms with Crippen LogP contribution in [0.5, 0.6) is 0 Å². The van der Waals surface area contributed by atoms with Crippen molar-refractivity contribution in [1.29, 1.82) is 0 Å². The van der Waals surface area contributed by atoms with Crippen LogP contribution in [-0.4, -0.2) is 37.7 Å². The highest BCUT2D eigenvalue weighted by atomic mass is 32.2. The Morgan fingerprint density at radius 3 is 2.24 bits per heavy atom. The highest BCUT2D eigenvalue weighted by molar-refractivity contribution is 7.86. The Labute approximate surface area is 123 Å². The first-order valence-electron chi connectivity index (χ1n) is 6.38. The molecule has 0 spiro atoms. The van der Waals surface area contributed by atoms with E-state index in [1.165, 1.54) is 26.2 Å². The van der Waals surface area contributed by atoms with Crippen molar-refractivity contribution in [3.63, 3.8) is 0 Å². The molecule has 0 N–H and O–H groups in total. The van der Waals surface area contributed by atoms with Crippen molar-refractivity contribution in [2.45, 2.75) is 26.1 Å². The molecule has 1 aromatic carbocycles. The summed E-state index contributed by atoms with van der Waals surface area (Å²) in [5, 5.41) is 0. The van der Waals surface area contributed by atoms with Crippen molar-refractivity contribution in [2.24, 2.45) is 0 Å². The number of rotatable bonds is 5. The van der Waals surface area contributed by atoms with Crippen molar-refractivity contribution in [3.05, 3.63) is 35.4 Å². The zero-order valence-corrected chi connectivity index (χ0v) is 13.2. The van der Waals surface area contributed by atoms with Crippen molar-refractivity contribution < 1.29 is 21.6 Å². The summed E-state index contributed by atoms with van der Waals surface area (Å²) in [6, 6.07) is 4.04. The standard InChI is InChI=1S/C13H19F3N2O2S/c1-5-18(21(19,20)17(3)4)10(2)11-7-6-8-12(9-11)13(14,15)16/h6-10H,5H2,1-4H3/t10-/m1/s1. The first-order chi connectivity index (χ1) is 9.51. The number of halogens is 3. The van der Waals surface area contributed by atoms with Gasteiger partial charge in [-0.05, 0) is 24.6 Å². The molecule has 1 atom stereocenters. The van der Waals surface area contributed by atoms with E-state index in [2.05, 4.69) is 0 Å². The minimum Gasteiger partial charge on any atom is -0.195 e. The third-order valence-corrected chi connectivity index (χ3v) is 5.29. The fraction of sp³-hybridized carbons (Fsp3) is 0.538. The third-order valence-electron chi connectivity index (χ3n) is 3.20. The van der Waals surface area contributed by atoms with Gasteiger partial charge in [-0.3, -0.25) is 0 Å². The predicted octanol–water partition coefficient (Wildman–Crippen LogP) is 2.89. The Morgan fingerprint density at radius 1 is 1.24 bits per heavy atom. The molecule has 1 aromatic rings. The molecule has 1 rings (SSSR count). The highest BCUT2D eigenvalue weighted by Crippen LogP contribution is 2.32. The number of nitrogens with zero attached hydrogens (tertiary/aromatic N) is 2. The summed E-state index contributed by atoms with van der Waals surface area (Å²) in [7, 11) is -0.928. The Bertz CT molecular complexity index is 585. The zero-order chi connectivity index (χ0) is 16.4. The van der Waals surface area contributed by atoms with Gasteiger partial charge in [0, 0.05) is 26.7 Å². The van der Waals surface area contributed by atoms with E-state index < -0.39 is 28.0 Å². The second kappa shape index (κ2) is 6.33. The van der Waals surface area contributed by atoms with Crippen LogP contribution < -0.4 is 0 Å². The molecule has 0 fully saturated rings. The number of benzene rings is 1. The van der Waals surface area contributed by atoms with Crippen LogP contribution in [-0.2, 0) is 16.4 Å². The smallest absolute Gasteiger partial charge is 0.195 e. The molecule has 0 aliphatic rings. The monoisotopic (exact) mass is 324 g/mol. The van der Waals surface area contributed by atoms with E-state index in [4.69, 9.17) is 0 Å². The molecule has 0 radical (unpaired) electrons. The lowest BCUT2D eigenvalue weighted by Gasteiger charge is -2.30. The van der Waals surface area contributed by atoms with Crippen LogP contribution in [0.25, 0.3) is 0 Å². The molecule has 0 saturated heterocycles. The summed E-state index contributed by atoms with van der Waals surface area (Å²) in [6.07, 6.45) is -4.45. The first kappa shape index (κ1) is 17.9. The maximum atomic E-state index is 12.7. The Hall–Kier alpha value is -1.12. The number of hydrogen-bond acceptors (Lipinski definition) is 2. The van der Waals surface area contributed by atoms with E-state index in [9.17, 15) is 21.6 Å².